The maximum Gasteiger partial charge on any atom is 0.318 e. The van der Waals surface area contributed by atoms with Crippen LogP contribution in [0.5, 0.6) is 0 Å². The number of nitrogens with one attached hydrogen (secondary N) is 1. The Morgan fingerprint density at radius 3 is 2.26 bits per heavy atom. The Morgan fingerprint density at radius 2 is 1.87 bits per heavy atom. The van der Waals surface area contributed by atoms with Crippen LogP contribution < -0.4 is 4.72 Å². The van der Waals surface area contributed by atoms with E-state index in [1.54, 1.807) is 0 Å². The molecule has 0 saturated heterocycles. The number of anilines is 1. The quantitative estimate of drug-likeness (QED) is 0.730. The van der Waals surface area contributed by atoms with Crippen LogP contribution in [-0.4, -0.2) is 51.1 Å². The number of halogens is 1. The molecule has 0 atom stereocenters. The number of carboxylic acid groups (broad SMARTS) is 1. The van der Waals surface area contributed by atoms with Crippen molar-refractivity contribution in [3.8, 4) is 0 Å². The van der Waals surface area contributed by atoms with Gasteiger partial charge < -0.3 is 5.11 Å². The van der Waals surface area contributed by atoms with E-state index in [0.717, 1.165) is 18.4 Å². The zero-order valence-electron chi connectivity index (χ0n) is 12.6. The molecule has 0 spiro atoms. The van der Waals surface area contributed by atoms with Crippen molar-refractivity contribution in [1.82, 2.24) is 4.31 Å². The first kappa shape index (κ1) is 19.3. The third-order valence-electron chi connectivity index (χ3n) is 2.71. The fourth-order valence-corrected chi connectivity index (χ4v) is 3.92. The van der Waals surface area contributed by atoms with Gasteiger partial charge in [-0.1, -0.05) is 0 Å². The van der Waals surface area contributed by atoms with E-state index in [0.29, 0.717) is 10.4 Å². The van der Waals surface area contributed by atoms with Crippen molar-refractivity contribution in [3.05, 3.63) is 24.0 Å². The summed E-state index contributed by atoms with van der Waals surface area (Å²) >= 11 is 0. The number of hydrogen-bond acceptors (Lipinski definition) is 5. The van der Waals surface area contributed by atoms with Crippen LogP contribution in [0.2, 0.25) is 0 Å². The highest BCUT2D eigenvalue weighted by molar-refractivity contribution is 7.92. The molecule has 2 N–H and O–H groups in total. The summed E-state index contributed by atoms with van der Waals surface area (Å²) in [5.41, 5.74) is -0.402. The molecular weight excluding hydrogens is 351 g/mol. The van der Waals surface area contributed by atoms with Gasteiger partial charge in [0.15, 0.2) is 0 Å². The molecule has 0 aromatic heterocycles. The zero-order chi connectivity index (χ0) is 18.0. The van der Waals surface area contributed by atoms with Gasteiger partial charge in [-0.2, -0.15) is 4.31 Å². The molecule has 0 heterocycles. The first-order valence-corrected chi connectivity index (χ1v) is 9.68. The summed E-state index contributed by atoms with van der Waals surface area (Å²) in [6.45, 7) is 2.19. The molecule has 1 aromatic rings. The second-order valence-corrected chi connectivity index (χ2v) is 8.69. The van der Waals surface area contributed by atoms with E-state index in [1.807, 2.05) is 4.72 Å². The summed E-state index contributed by atoms with van der Waals surface area (Å²) in [7, 11) is -7.96. The van der Waals surface area contributed by atoms with Gasteiger partial charge in [-0.25, -0.2) is 21.2 Å². The molecule has 130 valence electrons. The van der Waals surface area contributed by atoms with Gasteiger partial charge in [0.25, 0.3) is 0 Å². The molecule has 0 aliphatic carbocycles. The molecule has 0 aliphatic rings. The number of benzene rings is 1. The van der Waals surface area contributed by atoms with Gasteiger partial charge in [-0.15, -0.1) is 0 Å². The maximum atomic E-state index is 13.9. The Morgan fingerprint density at radius 1 is 1.30 bits per heavy atom. The lowest BCUT2D eigenvalue weighted by Gasteiger charge is -2.24. The molecule has 0 unspecified atom stereocenters. The fraction of sp³-hybridized carbons (Fsp3) is 0.417. The van der Waals surface area contributed by atoms with Gasteiger partial charge in [0.05, 0.1) is 16.8 Å². The first-order valence-electron chi connectivity index (χ1n) is 6.35. The Balaban J connectivity index is 3.28. The van der Waals surface area contributed by atoms with Gasteiger partial charge in [0.1, 0.15) is 12.4 Å². The lowest BCUT2D eigenvalue weighted by Crippen LogP contribution is -2.40. The van der Waals surface area contributed by atoms with Crippen LogP contribution in [0.4, 0.5) is 10.1 Å². The third kappa shape index (κ3) is 5.15. The van der Waals surface area contributed by atoms with E-state index in [2.05, 4.69) is 0 Å². The van der Waals surface area contributed by atoms with Crippen molar-refractivity contribution >= 4 is 31.7 Å². The summed E-state index contributed by atoms with van der Waals surface area (Å²) in [5.74, 6) is -2.44. The topological polar surface area (TPSA) is 121 Å². The van der Waals surface area contributed by atoms with Crippen LogP contribution in [0.25, 0.3) is 0 Å². The monoisotopic (exact) mass is 368 g/mol. The lowest BCUT2D eigenvalue weighted by atomic mass is 10.3. The van der Waals surface area contributed by atoms with Crippen LogP contribution in [0.1, 0.15) is 13.8 Å². The number of hydrogen-bond donors (Lipinski definition) is 2. The number of nitrogens with zero attached hydrogens (tertiary/aromatic N) is 1. The molecule has 1 aromatic carbocycles. The Kier molecular flexibility index (Phi) is 5.72. The van der Waals surface area contributed by atoms with Gasteiger partial charge in [0, 0.05) is 6.04 Å². The van der Waals surface area contributed by atoms with Crippen LogP contribution in [-0.2, 0) is 24.8 Å². The van der Waals surface area contributed by atoms with E-state index < -0.39 is 55.0 Å². The molecule has 0 bridgehead atoms. The Labute approximate surface area is 134 Å². The summed E-state index contributed by atoms with van der Waals surface area (Å²) < 4.78 is 63.5. The molecule has 23 heavy (non-hydrogen) atoms. The second-order valence-electron chi connectivity index (χ2n) is 5.05. The molecule has 0 saturated carbocycles. The molecular formula is C12H17FN2O6S2. The van der Waals surface area contributed by atoms with Gasteiger partial charge in [0.2, 0.25) is 20.0 Å². The van der Waals surface area contributed by atoms with Crippen LogP contribution >= 0.6 is 0 Å². The predicted molar refractivity (Wildman–Crippen MR) is 81.5 cm³/mol. The van der Waals surface area contributed by atoms with E-state index in [4.69, 9.17) is 5.11 Å². The molecule has 0 radical (unpaired) electrons. The lowest BCUT2D eigenvalue weighted by molar-refractivity contribution is -0.137. The minimum atomic E-state index is -4.24. The number of aliphatic carboxylic acids is 1. The van der Waals surface area contributed by atoms with E-state index in [-0.39, 0.29) is 0 Å². The van der Waals surface area contributed by atoms with Crippen molar-refractivity contribution in [3.63, 3.8) is 0 Å². The number of rotatable bonds is 7. The van der Waals surface area contributed by atoms with Gasteiger partial charge in [-0.05, 0) is 32.0 Å². The SMILES string of the molecule is CC(C)N(CC(=O)O)S(=O)(=O)c1ccc(NS(C)(=O)=O)c(F)c1. The fourth-order valence-electron chi connectivity index (χ4n) is 1.75. The molecule has 0 fully saturated rings. The molecule has 11 heteroatoms. The largest absolute Gasteiger partial charge is 0.480 e. The highest BCUT2D eigenvalue weighted by Crippen LogP contribution is 2.23. The van der Waals surface area contributed by atoms with Gasteiger partial charge >= 0.3 is 5.97 Å². The van der Waals surface area contributed by atoms with E-state index in [1.165, 1.54) is 13.8 Å². The number of sulfonamides is 2. The van der Waals surface area contributed by atoms with E-state index >= 15 is 0 Å². The minimum absolute atomic E-state index is 0.402. The normalized spacial score (nSPS) is 12.6. The van der Waals surface area contributed by atoms with Crippen molar-refractivity contribution in [2.24, 2.45) is 0 Å². The van der Waals surface area contributed by atoms with Crippen molar-refractivity contribution in [1.29, 1.82) is 0 Å². The number of carboxylic acids is 1. The molecule has 8 nitrogen and oxygen atoms in total. The molecule has 0 amide bonds. The van der Waals surface area contributed by atoms with Crippen molar-refractivity contribution < 1.29 is 31.1 Å². The number of carbonyl (C=O) groups is 1. The third-order valence-corrected chi connectivity index (χ3v) is 5.32. The smallest absolute Gasteiger partial charge is 0.318 e. The average Bonchev–Trinajstić information content (AvgIpc) is 2.36. The Bertz CT molecular complexity index is 805. The van der Waals surface area contributed by atoms with Crippen LogP contribution in [0.3, 0.4) is 0 Å². The maximum absolute atomic E-state index is 13.9. The summed E-state index contributed by atoms with van der Waals surface area (Å²) in [6, 6.07) is 1.94. The first-order chi connectivity index (χ1) is 10.3. The summed E-state index contributed by atoms with van der Waals surface area (Å²) in [5, 5.41) is 8.81. The highest BCUT2D eigenvalue weighted by atomic mass is 32.2. The van der Waals surface area contributed by atoms with E-state index in [9.17, 15) is 26.0 Å². The predicted octanol–water partition coefficient (Wildman–Crippen LogP) is 0.681. The van der Waals surface area contributed by atoms with Crippen LogP contribution in [0.15, 0.2) is 23.1 Å². The highest BCUT2D eigenvalue weighted by Gasteiger charge is 2.29. The van der Waals surface area contributed by atoms with Crippen molar-refractivity contribution in [2.45, 2.75) is 24.8 Å². The summed E-state index contributed by atoms with van der Waals surface area (Å²) in [4.78, 5) is 10.3. The zero-order valence-corrected chi connectivity index (χ0v) is 14.3. The summed E-state index contributed by atoms with van der Waals surface area (Å²) in [6.07, 6.45) is 0.824. The molecule has 1 rings (SSSR count). The average molecular weight is 368 g/mol. The minimum Gasteiger partial charge on any atom is -0.480 e. The Hall–Kier alpha value is -1.72. The standard InChI is InChI=1S/C12H17FN2O6S2/c1-8(2)15(7-12(16)17)23(20,21)9-4-5-11(10(13)6-9)14-22(3,18)19/h4-6,8,14H,7H2,1-3H3,(H,16,17). The van der Waals surface area contributed by atoms with Crippen LogP contribution in [0, 0.1) is 5.82 Å². The second kappa shape index (κ2) is 6.81. The molecule has 0 aliphatic heterocycles. The van der Waals surface area contributed by atoms with Crippen molar-refractivity contribution in [2.75, 3.05) is 17.5 Å². The van der Waals surface area contributed by atoms with Gasteiger partial charge in [-0.3, -0.25) is 9.52 Å².